The molecule has 2 N–H and O–H groups in total. The highest BCUT2D eigenvalue weighted by Gasteiger charge is 2.29. The molecule has 0 saturated carbocycles. The van der Waals surface area contributed by atoms with E-state index in [-0.39, 0.29) is 0 Å². The molecule has 1 aliphatic heterocycles. The van der Waals surface area contributed by atoms with Crippen molar-refractivity contribution >= 4 is 11.9 Å². The smallest absolute Gasteiger partial charge is 0.0905 e. The van der Waals surface area contributed by atoms with Gasteiger partial charge in [0.1, 0.15) is 0 Å². The van der Waals surface area contributed by atoms with Crippen LogP contribution in [0.2, 0.25) is 0 Å². The van der Waals surface area contributed by atoms with Crippen LogP contribution in [0.5, 0.6) is 0 Å². The van der Waals surface area contributed by atoms with Crippen LogP contribution in [-0.4, -0.2) is 56.5 Å². The van der Waals surface area contributed by atoms with Crippen LogP contribution in [0.1, 0.15) is 12.8 Å². The lowest BCUT2D eigenvalue weighted by atomic mass is 10.1. The molecule has 0 atom stereocenters. The zero-order valence-electron chi connectivity index (χ0n) is 9.68. The molecule has 0 aliphatic carbocycles. The monoisotopic (exact) mass is 218 g/mol. The SMILES string of the molecule is CNCCNC1CC[N+](C)(SC)CC1. The van der Waals surface area contributed by atoms with Crippen molar-refractivity contribution in [2.45, 2.75) is 18.9 Å². The van der Waals surface area contributed by atoms with Gasteiger partial charge in [0.15, 0.2) is 0 Å². The van der Waals surface area contributed by atoms with Crippen molar-refractivity contribution in [1.82, 2.24) is 10.6 Å². The first kappa shape index (κ1) is 12.3. The number of likely N-dealkylation sites (tertiary alicyclic amines) is 1. The van der Waals surface area contributed by atoms with E-state index in [0.29, 0.717) is 0 Å². The molecule has 0 unspecified atom stereocenters. The zero-order chi connectivity index (χ0) is 10.4. The van der Waals surface area contributed by atoms with Crippen molar-refractivity contribution < 1.29 is 3.89 Å². The fraction of sp³-hybridized carbons (Fsp3) is 1.00. The summed E-state index contributed by atoms with van der Waals surface area (Å²) in [5.41, 5.74) is 0. The maximum atomic E-state index is 3.60. The van der Waals surface area contributed by atoms with Crippen LogP contribution in [-0.2, 0) is 0 Å². The number of quaternary nitrogens is 1. The maximum Gasteiger partial charge on any atom is 0.0905 e. The molecule has 0 aromatic rings. The van der Waals surface area contributed by atoms with E-state index < -0.39 is 0 Å². The average molecular weight is 218 g/mol. The lowest BCUT2D eigenvalue weighted by molar-refractivity contribution is -0.779. The summed E-state index contributed by atoms with van der Waals surface area (Å²) < 4.78 is 1.18. The van der Waals surface area contributed by atoms with E-state index in [4.69, 9.17) is 0 Å². The first-order valence-electron chi connectivity index (χ1n) is 5.48. The number of hydrogen-bond acceptors (Lipinski definition) is 3. The Balaban J connectivity index is 2.15. The Morgan fingerprint density at radius 1 is 1.29 bits per heavy atom. The lowest BCUT2D eigenvalue weighted by Crippen LogP contribution is -2.49. The molecule has 0 aromatic carbocycles. The zero-order valence-corrected chi connectivity index (χ0v) is 10.5. The molecule has 0 amide bonds. The quantitative estimate of drug-likeness (QED) is 0.403. The number of nitrogens with one attached hydrogen (secondary N) is 2. The van der Waals surface area contributed by atoms with Gasteiger partial charge in [0.2, 0.25) is 0 Å². The van der Waals surface area contributed by atoms with E-state index >= 15 is 0 Å². The Hall–Kier alpha value is 0.230. The largest absolute Gasteiger partial charge is 0.318 e. The van der Waals surface area contributed by atoms with E-state index in [2.05, 4.69) is 23.9 Å². The molecular formula is C10H24N3S+. The normalized spacial score (nSPS) is 33.2. The molecule has 84 valence electrons. The molecule has 0 radical (unpaired) electrons. The second-order valence-corrected chi connectivity index (χ2v) is 5.51. The van der Waals surface area contributed by atoms with Crippen molar-refractivity contribution in [3.63, 3.8) is 0 Å². The maximum absolute atomic E-state index is 3.60. The van der Waals surface area contributed by atoms with E-state index in [9.17, 15) is 0 Å². The molecule has 0 bridgehead atoms. The van der Waals surface area contributed by atoms with Gasteiger partial charge >= 0.3 is 0 Å². The predicted octanol–water partition coefficient (Wildman–Crippen LogP) is 0.682. The molecule has 0 aromatic heterocycles. The predicted molar refractivity (Wildman–Crippen MR) is 64.4 cm³/mol. The van der Waals surface area contributed by atoms with E-state index in [1.807, 2.05) is 19.0 Å². The van der Waals surface area contributed by atoms with Gasteiger partial charge in [-0.1, -0.05) is 0 Å². The number of hydrogen-bond donors (Lipinski definition) is 2. The van der Waals surface area contributed by atoms with E-state index in [0.717, 1.165) is 19.1 Å². The van der Waals surface area contributed by atoms with Gasteiger partial charge in [0.25, 0.3) is 0 Å². The summed E-state index contributed by atoms with van der Waals surface area (Å²) in [4.78, 5) is 0. The van der Waals surface area contributed by atoms with Gasteiger partial charge in [0, 0.05) is 38.2 Å². The van der Waals surface area contributed by atoms with Gasteiger partial charge < -0.3 is 10.6 Å². The highest BCUT2D eigenvalue weighted by Crippen LogP contribution is 2.24. The van der Waals surface area contributed by atoms with Gasteiger partial charge in [-0.25, -0.2) is 0 Å². The van der Waals surface area contributed by atoms with E-state index in [1.165, 1.54) is 29.8 Å². The summed E-state index contributed by atoms with van der Waals surface area (Å²) in [7, 11) is 4.35. The van der Waals surface area contributed by atoms with E-state index in [1.54, 1.807) is 0 Å². The number of nitrogens with zero attached hydrogens (tertiary/aromatic N) is 1. The highest BCUT2D eigenvalue weighted by atomic mass is 32.2. The van der Waals surface area contributed by atoms with Crippen LogP contribution in [0, 0.1) is 0 Å². The van der Waals surface area contributed by atoms with Gasteiger partial charge in [-0.3, -0.25) is 3.89 Å². The second-order valence-electron chi connectivity index (χ2n) is 4.26. The molecule has 3 nitrogen and oxygen atoms in total. The number of piperidine rings is 1. The molecule has 0 spiro atoms. The Bertz CT molecular complexity index is 155. The topological polar surface area (TPSA) is 24.1 Å². The first-order valence-corrected chi connectivity index (χ1v) is 6.66. The minimum Gasteiger partial charge on any atom is -0.318 e. The molecular weight excluding hydrogens is 194 g/mol. The molecule has 4 heteroatoms. The van der Waals surface area contributed by atoms with Gasteiger partial charge in [-0.15, -0.1) is 0 Å². The summed E-state index contributed by atoms with van der Waals surface area (Å²) in [6, 6.07) is 0.752. The van der Waals surface area contributed by atoms with Crippen LogP contribution in [0.4, 0.5) is 0 Å². The number of rotatable bonds is 5. The van der Waals surface area contributed by atoms with Crippen molar-refractivity contribution in [2.75, 3.05) is 46.5 Å². The Morgan fingerprint density at radius 3 is 2.43 bits per heavy atom. The molecule has 1 rings (SSSR count). The minimum absolute atomic E-state index is 0.752. The molecule has 1 heterocycles. The minimum atomic E-state index is 0.752. The number of likely N-dealkylation sites (N-methyl/N-ethyl adjacent to an activating group) is 1. The summed E-state index contributed by atoms with van der Waals surface area (Å²) in [5.74, 6) is 0. The second kappa shape index (κ2) is 5.95. The third kappa shape index (κ3) is 3.77. The molecule has 1 fully saturated rings. The van der Waals surface area contributed by atoms with Crippen molar-refractivity contribution in [2.24, 2.45) is 0 Å². The molecule has 1 saturated heterocycles. The van der Waals surface area contributed by atoms with Crippen molar-refractivity contribution in [3.8, 4) is 0 Å². The third-order valence-electron chi connectivity index (χ3n) is 3.15. The third-order valence-corrected chi connectivity index (χ3v) is 4.40. The van der Waals surface area contributed by atoms with Gasteiger partial charge in [0.05, 0.1) is 32.1 Å². The van der Waals surface area contributed by atoms with Gasteiger partial charge in [-0.2, -0.15) is 0 Å². The Labute approximate surface area is 92.3 Å². The lowest BCUT2D eigenvalue weighted by Gasteiger charge is -2.37. The summed E-state index contributed by atoms with van der Waals surface area (Å²) in [6.45, 7) is 4.78. The highest BCUT2D eigenvalue weighted by molar-refractivity contribution is 7.93. The van der Waals surface area contributed by atoms with Crippen LogP contribution in [0.3, 0.4) is 0 Å². The van der Waals surface area contributed by atoms with Gasteiger partial charge in [-0.05, 0) is 7.05 Å². The standard InChI is InChI=1S/C10H24N3S/c1-11-6-7-12-10-4-8-13(2,14-3)9-5-10/h10-12H,4-9H2,1-3H3/q+1. The van der Waals surface area contributed by atoms with Crippen LogP contribution < -0.4 is 10.6 Å². The average Bonchev–Trinajstić information content (AvgIpc) is 2.22. The fourth-order valence-electron chi connectivity index (χ4n) is 1.90. The molecule has 1 aliphatic rings. The summed E-state index contributed by atoms with van der Waals surface area (Å²) in [5, 5.41) is 6.77. The molecule has 14 heavy (non-hydrogen) atoms. The first-order chi connectivity index (χ1) is 6.70. The van der Waals surface area contributed by atoms with Crippen molar-refractivity contribution in [3.05, 3.63) is 0 Å². The summed E-state index contributed by atoms with van der Waals surface area (Å²) >= 11 is 1.98. The van der Waals surface area contributed by atoms with Crippen LogP contribution >= 0.6 is 11.9 Å². The summed E-state index contributed by atoms with van der Waals surface area (Å²) in [6.07, 6.45) is 4.86. The van der Waals surface area contributed by atoms with Crippen LogP contribution in [0.25, 0.3) is 0 Å². The fourth-order valence-corrected chi connectivity index (χ4v) is 2.48. The van der Waals surface area contributed by atoms with Crippen LogP contribution in [0.15, 0.2) is 0 Å². The van der Waals surface area contributed by atoms with Crippen molar-refractivity contribution in [1.29, 1.82) is 0 Å². The Morgan fingerprint density at radius 2 is 1.93 bits per heavy atom. The Kier molecular flexibility index (Phi) is 5.23.